The van der Waals surface area contributed by atoms with Crippen molar-refractivity contribution < 1.29 is 14.3 Å². The fourth-order valence-corrected chi connectivity index (χ4v) is 2.73. The Hall–Kier alpha value is -2.94. The molecule has 9 nitrogen and oxygen atoms in total. The second-order valence-electron chi connectivity index (χ2n) is 5.27. The quantitative estimate of drug-likeness (QED) is 0.776. The van der Waals surface area contributed by atoms with Gasteiger partial charge in [-0.05, 0) is 49.8 Å². The van der Waals surface area contributed by atoms with Crippen LogP contribution in [0, 0.1) is 0 Å². The van der Waals surface area contributed by atoms with Crippen LogP contribution in [-0.4, -0.2) is 45.5 Å². The topological polar surface area (TPSA) is 106 Å². The third-order valence-electron chi connectivity index (χ3n) is 3.52. The van der Waals surface area contributed by atoms with Crippen molar-refractivity contribution in [2.24, 2.45) is 5.10 Å². The number of H-pyrrole nitrogens is 1. The summed E-state index contributed by atoms with van der Waals surface area (Å²) in [5.74, 6) is 0.725. The zero-order chi connectivity index (χ0) is 18.7. The van der Waals surface area contributed by atoms with E-state index in [2.05, 4.69) is 25.7 Å². The number of rotatable bonds is 6. The molecule has 0 spiro atoms. The van der Waals surface area contributed by atoms with Crippen molar-refractivity contribution in [3.05, 3.63) is 28.3 Å². The molecule has 0 saturated heterocycles. The van der Waals surface area contributed by atoms with Gasteiger partial charge in [0, 0.05) is 0 Å². The maximum Gasteiger partial charge on any atom is 0.293 e. The molecule has 3 rings (SSSR count). The molecular formula is C16H17ClN6O3. The van der Waals surface area contributed by atoms with Crippen molar-refractivity contribution in [2.45, 2.75) is 20.8 Å². The Labute approximate surface area is 154 Å². The Morgan fingerprint density at radius 2 is 2.04 bits per heavy atom. The SMILES string of the molecule is CCOc1cc(/C=C2/C(=O)N(c3nn[nH]n3)N=C2C)cc(Cl)c1OCC. The van der Waals surface area contributed by atoms with E-state index in [4.69, 9.17) is 21.1 Å². The van der Waals surface area contributed by atoms with Gasteiger partial charge in [-0.2, -0.15) is 15.3 Å². The highest BCUT2D eigenvalue weighted by Gasteiger charge is 2.31. The number of ether oxygens (including phenoxy) is 2. The summed E-state index contributed by atoms with van der Waals surface area (Å²) >= 11 is 6.32. The monoisotopic (exact) mass is 376 g/mol. The summed E-state index contributed by atoms with van der Waals surface area (Å²) in [5.41, 5.74) is 1.62. The normalized spacial score (nSPS) is 15.5. The smallest absolute Gasteiger partial charge is 0.293 e. The van der Waals surface area contributed by atoms with Crippen LogP contribution in [0.25, 0.3) is 6.08 Å². The number of aromatic nitrogens is 4. The van der Waals surface area contributed by atoms with Crippen molar-refractivity contribution in [1.82, 2.24) is 20.6 Å². The van der Waals surface area contributed by atoms with Crippen molar-refractivity contribution in [2.75, 3.05) is 18.2 Å². The molecule has 2 heterocycles. The van der Waals surface area contributed by atoms with Crippen molar-refractivity contribution in [3.63, 3.8) is 0 Å². The maximum absolute atomic E-state index is 12.6. The lowest BCUT2D eigenvalue weighted by molar-refractivity contribution is -0.114. The highest BCUT2D eigenvalue weighted by Crippen LogP contribution is 2.37. The van der Waals surface area contributed by atoms with Crippen LogP contribution >= 0.6 is 11.6 Å². The third kappa shape index (κ3) is 3.38. The van der Waals surface area contributed by atoms with E-state index in [0.29, 0.717) is 46.6 Å². The van der Waals surface area contributed by atoms with E-state index in [1.165, 1.54) is 0 Å². The molecule has 2 aromatic rings. The molecule has 1 aromatic heterocycles. The van der Waals surface area contributed by atoms with Crippen molar-refractivity contribution in [1.29, 1.82) is 0 Å². The maximum atomic E-state index is 12.6. The van der Waals surface area contributed by atoms with Crippen LogP contribution in [-0.2, 0) is 4.79 Å². The van der Waals surface area contributed by atoms with Gasteiger partial charge < -0.3 is 9.47 Å². The fraction of sp³-hybridized carbons (Fsp3) is 0.312. The van der Waals surface area contributed by atoms with Gasteiger partial charge in [0.15, 0.2) is 11.5 Å². The first-order chi connectivity index (χ1) is 12.5. The van der Waals surface area contributed by atoms with Gasteiger partial charge in [0.25, 0.3) is 11.9 Å². The highest BCUT2D eigenvalue weighted by atomic mass is 35.5. The van der Waals surface area contributed by atoms with Gasteiger partial charge in [0.2, 0.25) is 0 Å². The summed E-state index contributed by atoms with van der Waals surface area (Å²) in [6.07, 6.45) is 1.69. The van der Waals surface area contributed by atoms with Crippen LogP contribution in [0.1, 0.15) is 26.3 Å². The largest absolute Gasteiger partial charge is 0.490 e. The zero-order valence-electron chi connectivity index (χ0n) is 14.5. The van der Waals surface area contributed by atoms with Crippen LogP contribution in [0.2, 0.25) is 5.02 Å². The Balaban J connectivity index is 1.97. The van der Waals surface area contributed by atoms with Gasteiger partial charge in [-0.15, -0.1) is 5.10 Å². The molecule has 0 atom stereocenters. The average Bonchev–Trinajstić information content (AvgIpc) is 3.22. The van der Waals surface area contributed by atoms with E-state index in [-0.39, 0.29) is 11.9 Å². The lowest BCUT2D eigenvalue weighted by Gasteiger charge is -2.13. The first-order valence-corrected chi connectivity index (χ1v) is 8.37. The molecule has 136 valence electrons. The zero-order valence-corrected chi connectivity index (χ0v) is 15.2. The number of amides is 1. The van der Waals surface area contributed by atoms with Crippen molar-refractivity contribution in [3.8, 4) is 11.5 Å². The highest BCUT2D eigenvalue weighted by molar-refractivity contribution is 6.33. The minimum absolute atomic E-state index is 0.0810. The molecular weight excluding hydrogens is 360 g/mol. The van der Waals surface area contributed by atoms with E-state index in [0.717, 1.165) is 5.01 Å². The Morgan fingerprint density at radius 1 is 1.27 bits per heavy atom. The number of halogens is 1. The molecule has 0 aliphatic carbocycles. The van der Waals surface area contributed by atoms with Crippen LogP contribution in [0.5, 0.6) is 11.5 Å². The number of hydrogen-bond acceptors (Lipinski definition) is 7. The molecule has 1 aliphatic heterocycles. The number of aromatic amines is 1. The second-order valence-corrected chi connectivity index (χ2v) is 5.68. The fourth-order valence-electron chi connectivity index (χ4n) is 2.45. The molecule has 0 unspecified atom stereocenters. The lowest BCUT2D eigenvalue weighted by Crippen LogP contribution is -2.22. The van der Waals surface area contributed by atoms with E-state index in [1.807, 2.05) is 13.8 Å². The molecule has 10 heteroatoms. The number of carbonyl (C=O) groups is 1. The van der Waals surface area contributed by atoms with Gasteiger partial charge in [0.1, 0.15) is 0 Å². The first-order valence-electron chi connectivity index (χ1n) is 7.99. The van der Waals surface area contributed by atoms with E-state index < -0.39 is 0 Å². The van der Waals surface area contributed by atoms with E-state index in [9.17, 15) is 4.79 Å². The summed E-state index contributed by atoms with van der Waals surface area (Å²) in [7, 11) is 0. The van der Waals surface area contributed by atoms with Crippen LogP contribution in [0.15, 0.2) is 22.8 Å². The summed E-state index contributed by atoms with van der Waals surface area (Å²) in [5, 5.41) is 18.9. The van der Waals surface area contributed by atoms with Gasteiger partial charge in [-0.25, -0.2) is 0 Å². The number of nitrogens with zero attached hydrogens (tertiary/aromatic N) is 5. The number of tetrazole rings is 1. The second kappa shape index (κ2) is 7.52. The number of nitrogens with one attached hydrogen (secondary N) is 1. The number of benzene rings is 1. The lowest BCUT2D eigenvalue weighted by atomic mass is 10.1. The molecule has 0 fully saturated rings. The predicted molar refractivity (Wildman–Crippen MR) is 96.5 cm³/mol. The predicted octanol–water partition coefficient (Wildman–Crippen LogP) is 2.46. The summed E-state index contributed by atoms with van der Waals surface area (Å²) in [4.78, 5) is 12.6. The molecule has 1 aromatic carbocycles. The summed E-state index contributed by atoms with van der Waals surface area (Å²) in [6, 6.07) is 3.48. The average molecular weight is 377 g/mol. The van der Waals surface area contributed by atoms with Crippen LogP contribution < -0.4 is 14.5 Å². The minimum Gasteiger partial charge on any atom is -0.490 e. The van der Waals surface area contributed by atoms with Gasteiger partial charge >= 0.3 is 0 Å². The number of hydrazone groups is 1. The first kappa shape index (κ1) is 17.9. The van der Waals surface area contributed by atoms with Crippen LogP contribution in [0.4, 0.5) is 5.95 Å². The number of anilines is 1. The van der Waals surface area contributed by atoms with Gasteiger partial charge in [0.05, 0.1) is 29.5 Å². The summed E-state index contributed by atoms with van der Waals surface area (Å²) < 4.78 is 11.2. The number of carbonyl (C=O) groups excluding carboxylic acids is 1. The van der Waals surface area contributed by atoms with Crippen molar-refractivity contribution >= 4 is 35.2 Å². The standard InChI is InChI=1S/C16H17ClN6O3/c1-4-25-13-8-10(7-12(17)14(13)26-5-2)6-11-9(3)20-23(15(11)24)16-18-21-22-19-16/h6-8H,4-5H2,1-3H3,(H,18,19,21,22)/b11-6+. The molecule has 1 amide bonds. The minimum atomic E-state index is -0.355. The van der Waals surface area contributed by atoms with E-state index in [1.54, 1.807) is 25.1 Å². The van der Waals surface area contributed by atoms with Crippen LogP contribution in [0.3, 0.4) is 0 Å². The molecule has 0 radical (unpaired) electrons. The molecule has 0 saturated carbocycles. The Morgan fingerprint density at radius 3 is 2.69 bits per heavy atom. The van der Waals surface area contributed by atoms with Gasteiger partial charge in [-0.3, -0.25) is 4.79 Å². The van der Waals surface area contributed by atoms with Gasteiger partial charge in [-0.1, -0.05) is 16.7 Å². The molecule has 1 N–H and O–H groups in total. The molecule has 0 bridgehead atoms. The Bertz CT molecular complexity index is 878. The molecule has 26 heavy (non-hydrogen) atoms. The number of hydrogen-bond donors (Lipinski definition) is 1. The third-order valence-corrected chi connectivity index (χ3v) is 3.80. The Kier molecular flexibility index (Phi) is 5.17. The van der Waals surface area contributed by atoms with E-state index >= 15 is 0 Å². The molecule has 1 aliphatic rings. The summed E-state index contributed by atoms with van der Waals surface area (Å²) in [6.45, 7) is 6.38.